The Morgan fingerprint density at radius 2 is 1.93 bits per heavy atom. The van der Waals surface area contributed by atoms with E-state index in [0.29, 0.717) is 12.8 Å². The number of rotatable bonds is 4. The Kier molecular flexibility index (Phi) is 3.16. The molecule has 0 bridgehead atoms. The maximum Gasteiger partial charge on any atom is 0.250 e. The van der Waals surface area contributed by atoms with E-state index in [-0.39, 0.29) is 11.2 Å². The van der Waals surface area contributed by atoms with Gasteiger partial charge in [-0.1, -0.05) is 13.8 Å². The third kappa shape index (κ3) is 2.68. The molecule has 0 heterocycles. The molecule has 1 amide bonds. The Hall–Kier alpha value is -0.620. The van der Waals surface area contributed by atoms with E-state index >= 15 is 0 Å². The standard InChI is InChI=1S/C8H16N2O3S/c1-5(2)7(9)8(11)10-14(12,13)6-3-4-6/h5-7H,3-4,9H2,1-2H3,(H,10,11). The molecule has 3 N–H and O–H groups in total. The van der Waals surface area contributed by atoms with Crippen LogP contribution in [-0.4, -0.2) is 25.6 Å². The van der Waals surface area contributed by atoms with Crippen LogP contribution >= 0.6 is 0 Å². The molecule has 0 saturated heterocycles. The van der Waals surface area contributed by atoms with Gasteiger partial charge in [-0.15, -0.1) is 0 Å². The minimum Gasteiger partial charge on any atom is -0.320 e. The molecule has 1 rings (SSSR count). The summed E-state index contributed by atoms with van der Waals surface area (Å²) in [4.78, 5) is 11.3. The van der Waals surface area contributed by atoms with Gasteiger partial charge >= 0.3 is 0 Å². The molecule has 82 valence electrons. The van der Waals surface area contributed by atoms with E-state index in [0.717, 1.165) is 0 Å². The van der Waals surface area contributed by atoms with Crippen LogP contribution in [0.1, 0.15) is 26.7 Å². The molecule has 1 unspecified atom stereocenters. The van der Waals surface area contributed by atoms with Crippen molar-refractivity contribution in [1.82, 2.24) is 4.72 Å². The number of carbonyl (C=O) groups excluding carboxylic acids is 1. The molecule has 0 radical (unpaired) electrons. The van der Waals surface area contributed by atoms with Gasteiger partial charge < -0.3 is 5.73 Å². The highest BCUT2D eigenvalue weighted by molar-refractivity contribution is 7.90. The second-order valence-corrected chi connectivity index (χ2v) is 5.94. The first-order valence-electron chi connectivity index (χ1n) is 4.65. The van der Waals surface area contributed by atoms with Gasteiger partial charge in [0.05, 0.1) is 11.3 Å². The smallest absolute Gasteiger partial charge is 0.250 e. The van der Waals surface area contributed by atoms with Gasteiger partial charge in [0.15, 0.2) is 0 Å². The summed E-state index contributed by atoms with van der Waals surface area (Å²) in [7, 11) is -3.44. The van der Waals surface area contributed by atoms with Crippen molar-refractivity contribution in [2.75, 3.05) is 0 Å². The molecule has 1 aliphatic rings. The molecule has 6 heteroatoms. The molecule has 0 aromatic heterocycles. The lowest BCUT2D eigenvalue weighted by molar-refractivity contribution is -0.121. The quantitative estimate of drug-likeness (QED) is 0.673. The van der Waals surface area contributed by atoms with Crippen molar-refractivity contribution in [3.05, 3.63) is 0 Å². The minimum absolute atomic E-state index is 0.0654. The summed E-state index contributed by atoms with van der Waals surface area (Å²) in [5.41, 5.74) is 5.51. The second-order valence-electron chi connectivity index (χ2n) is 3.98. The van der Waals surface area contributed by atoms with Crippen LogP contribution in [0.4, 0.5) is 0 Å². The van der Waals surface area contributed by atoms with Crippen LogP contribution in [0.15, 0.2) is 0 Å². The maximum absolute atomic E-state index is 11.3. The van der Waals surface area contributed by atoms with Crippen LogP contribution in [0.5, 0.6) is 0 Å². The predicted molar refractivity (Wildman–Crippen MR) is 52.9 cm³/mol. The Bertz CT molecular complexity index is 319. The lowest BCUT2D eigenvalue weighted by Gasteiger charge is -2.14. The monoisotopic (exact) mass is 220 g/mol. The fourth-order valence-electron chi connectivity index (χ4n) is 0.973. The molecule has 0 aliphatic heterocycles. The molecular formula is C8H16N2O3S. The van der Waals surface area contributed by atoms with Crippen molar-refractivity contribution in [2.24, 2.45) is 11.7 Å². The van der Waals surface area contributed by atoms with Crippen molar-refractivity contribution in [3.8, 4) is 0 Å². The number of nitrogens with two attached hydrogens (primary N) is 1. The average molecular weight is 220 g/mol. The van der Waals surface area contributed by atoms with E-state index in [2.05, 4.69) is 0 Å². The Balaban J connectivity index is 2.56. The van der Waals surface area contributed by atoms with E-state index in [1.54, 1.807) is 13.8 Å². The molecular weight excluding hydrogens is 204 g/mol. The van der Waals surface area contributed by atoms with Crippen LogP contribution in [0.3, 0.4) is 0 Å². The lowest BCUT2D eigenvalue weighted by atomic mass is 10.1. The highest BCUT2D eigenvalue weighted by atomic mass is 32.2. The first-order chi connectivity index (χ1) is 6.34. The Labute approximate surface area is 84.1 Å². The van der Waals surface area contributed by atoms with Crippen LogP contribution in [-0.2, 0) is 14.8 Å². The van der Waals surface area contributed by atoms with Crippen molar-refractivity contribution < 1.29 is 13.2 Å². The number of hydrogen-bond acceptors (Lipinski definition) is 4. The topological polar surface area (TPSA) is 89.3 Å². The van der Waals surface area contributed by atoms with E-state index in [1.807, 2.05) is 4.72 Å². The zero-order chi connectivity index (χ0) is 10.9. The number of sulfonamides is 1. The van der Waals surface area contributed by atoms with Crippen molar-refractivity contribution in [2.45, 2.75) is 38.0 Å². The molecule has 1 atom stereocenters. The van der Waals surface area contributed by atoms with Gasteiger partial charge in [-0.2, -0.15) is 0 Å². The maximum atomic E-state index is 11.3. The first-order valence-corrected chi connectivity index (χ1v) is 6.20. The first kappa shape index (κ1) is 11.5. The van der Waals surface area contributed by atoms with Gasteiger partial charge in [0, 0.05) is 0 Å². The summed E-state index contributed by atoms with van der Waals surface area (Å²) >= 11 is 0. The third-order valence-electron chi connectivity index (χ3n) is 2.23. The molecule has 1 fully saturated rings. The van der Waals surface area contributed by atoms with E-state index in [9.17, 15) is 13.2 Å². The van der Waals surface area contributed by atoms with E-state index in [4.69, 9.17) is 5.73 Å². The van der Waals surface area contributed by atoms with Crippen LogP contribution < -0.4 is 10.5 Å². The zero-order valence-electron chi connectivity index (χ0n) is 8.36. The SMILES string of the molecule is CC(C)C(N)C(=O)NS(=O)(=O)C1CC1. The van der Waals surface area contributed by atoms with E-state index < -0.39 is 22.0 Å². The van der Waals surface area contributed by atoms with Gasteiger partial charge in [-0.05, 0) is 18.8 Å². The van der Waals surface area contributed by atoms with Crippen molar-refractivity contribution in [1.29, 1.82) is 0 Å². The molecule has 5 nitrogen and oxygen atoms in total. The lowest BCUT2D eigenvalue weighted by Crippen LogP contribution is -2.47. The molecule has 0 spiro atoms. The van der Waals surface area contributed by atoms with Gasteiger partial charge in [0.25, 0.3) is 5.91 Å². The van der Waals surface area contributed by atoms with Crippen LogP contribution in [0.2, 0.25) is 0 Å². The predicted octanol–water partition coefficient (Wildman–Crippen LogP) is -0.422. The normalized spacial score (nSPS) is 19.4. The highest BCUT2D eigenvalue weighted by Crippen LogP contribution is 2.27. The van der Waals surface area contributed by atoms with Crippen LogP contribution in [0, 0.1) is 5.92 Å². The Morgan fingerprint density at radius 3 is 2.29 bits per heavy atom. The molecule has 0 aromatic carbocycles. The van der Waals surface area contributed by atoms with Crippen LogP contribution in [0.25, 0.3) is 0 Å². The second kappa shape index (κ2) is 3.86. The zero-order valence-corrected chi connectivity index (χ0v) is 9.17. The van der Waals surface area contributed by atoms with Gasteiger partial charge in [-0.25, -0.2) is 8.42 Å². The van der Waals surface area contributed by atoms with Crippen molar-refractivity contribution in [3.63, 3.8) is 0 Å². The summed E-state index contributed by atoms with van der Waals surface area (Å²) in [6, 6.07) is -0.761. The van der Waals surface area contributed by atoms with Crippen molar-refractivity contribution >= 4 is 15.9 Å². The minimum atomic E-state index is -3.44. The summed E-state index contributed by atoms with van der Waals surface area (Å²) < 4.78 is 24.7. The summed E-state index contributed by atoms with van der Waals surface area (Å²) in [5.74, 6) is -0.670. The summed E-state index contributed by atoms with van der Waals surface area (Å²) in [6.45, 7) is 3.54. The Morgan fingerprint density at radius 1 is 1.43 bits per heavy atom. The average Bonchev–Trinajstić information content (AvgIpc) is 2.83. The highest BCUT2D eigenvalue weighted by Gasteiger charge is 2.37. The molecule has 14 heavy (non-hydrogen) atoms. The summed E-state index contributed by atoms with van der Waals surface area (Å²) in [5, 5.41) is -0.384. The fraction of sp³-hybridized carbons (Fsp3) is 0.875. The van der Waals surface area contributed by atoms with Gasteiger partial charge in [0.2, 0.25) is 10.0 Å². The number of amides is 1. The van der Waals surface area contributed by atoms with Gasteiger partial charge in [-0.3, -0.25) is 9.52 Å². The number of carbonyl (C=O) groups is 1. The van der Waals surface area contributed by atoms with E-state index in [1.165, 1.54) is 0 Å². The third-order valence-corrected chi connectivity index (χ3v) is 4.06. The number of hydrogen-bond donors (Lipinski definition) is 2. The van der Waals surface area contributed by atoms with Gasteiger partial charge in [0.1, 0.15) is 0 Å². The molecule has 1 aliphatic carbocycles. The molecule has 0 aromatic rings. The largest absolute Gasteiger partial charge is 0.320 e. The fourth-order valence-corrected chi connectivity index (χ4v) is 2.31. The molecule has 1 saturated carbocycles. The number of nitrogens with one attached hydrogen (secondary N) is 1. The summed E-state index contributed by atoms with van der Waals surface area (Å²) in [6.07, 6.45) is 1.28.